The van der Waals surface area contributed by atoms with Gasteiger partial charge >= 0.3 is 0 Å². The Hall–Kier alpha value is -1.63. The number of carbonyl (C=O) groups excluding carboxylic acids is 3. The highest BCUT2D eigenvalue weighted by atomic mass is 16.2. The van der Waals surface area contributed by atoms with E-state index in [9.17, 15) is 14.4 Å². The van der Waals surface area contributed by atoms with Crippen LogP contribution >= 0.6 is 0 Å². The normalized spacial score (nSPS) is 39.9. The first-order valence-electron chi connectivity index (χ1n) is 6.52. The topological polar surface area (TPSA) is 90.5 Å². The molecule has 106 valence electrons. The van der Waals surface area contributed by atoms with Crippen LogP contribution < -0.4 is 16.0 Å². The summed E-state index contributed by atoms with van der Waals surface area (Å²) in [5.74, 6) is -0.682. The quantitative estimate of drug-likeness (QED) is 0.501. The summed E-state index contributed by atoms with van der Waals surface area (Å²) >= 11 is 0. The van der Waals surface area contributed by atoms with Gasteiger partial charge in [0.2, 0.25) is 17.7 Å². The molecule has 0 aromatic heterocycles. The van der Waals surface area contributed by atoms with Crippen LogP contribution in [0.3, 0.4) is 0 Å². The summed E-state index contributed by atoms with van der Waals surface area (Å²) in [6.45, 7) is 6.88. The summed E-state index contributed by atoms with van der Waals surface area (Å²) in [6, 6.07) is -1.83. The predicted molar refractivity (Wildman–Crippen MR) is 67.9 cm³/mol. The Morgan fingerprint density at radius 2 is 1.53 bits per heavy atom. The van der Waals surface area contributed by atoms with Crippen LogP contribution in [-0.2, 0) is 14.4 Å². The van der Waals surface area contributed by atoms with Crippen molar-refractivity contribution in [2.45, 2.75) is 58.0 Å². The molecule has 0 saturated carbocycles. The Labute approximate surface area is 112 Å². The number of carbonyl (C=O) groups is 3. The van der Waals surface area contributed by atoms with E-state index >= 15 is 0 Å². The third-order valence-electron chi connectivity index (χ3n) is 3.74. The maximum absolute atomic E-state index is 12.2. The van der Waals surface area contributed by atoms with E-state index in [2.05, 4.69) is 16.0 Å². The number of nitrogens with one attached hydrogen (secondary N) is 3. The van der Waals surface area contributed by atoms with Crippen LogP contribution in [0.15, 0.2) is 0 Å². The fourth-order valence-corrected chi connectivity index (χ4v) is 2.54. The van der Waals surface area contributed by atoms with Crippen LogP contribution in [-0.4, -0.2) is 53.0 Å². The Bertz CT molecular complexity index is 425. The minimum absolute atomic E-state index is 0.122. The zero-order valence-electron chi connectivity index (χ0n) is 11.6. The maximum Gasteiger partial charge on any atom is 0.243 e. The van der Waals surface area contributed by atoms with E-state index in [1.807, 2.05) is 6.92 Å². The lowest BCUT2D eigenvalue weighted by Gasteiger charge is -2.31. The van der Waals surface area contributed by atoms with Crippen LogP contribution in [0.5, 0.6) is 0 Å². The van der Waals surface area contributed by atoms with Gasteiger partial charge in [-0.05, 0) is 27.7 Å². The molecule has 2 aliphatic heterocycles. The van der Waals surface area contributed by atoms with Crippen molar-refractivity contribution in [1.82, 2.24) is 20.9 Å². The summed E-state index contributed by atoms with van der Waals surface area (Å²) in [5, 5.41) is 8.55. The fraction of sp³-hybridized carbons (Fsp3) is 0.750. The molecule has 0 spiro atoms. The lowest BCUT2D eigenvalue weighted by atomic mass is 10.2. The van der Waals surface area contributed by atoms with Gasteiger partial charge in [0.15, 0.2) is 0 Å². The zero-order valence-corrected chi connectivity index (χ0v) is 11.6. The fourth-order valence-electron chi connectivity index (χ4n) is 2.54. The average Bonchev–Trinajstić information content (AvgIpc) is 2.64. The van der Waals surface area contributed by atoms with E-state index in [-0.39, 0.29) is 36.0 Å². The second-order valence-corrected chi connectivity index (χ2v) is 5.28. The lowest BCUT2D eigenvalue weighted by Crippen LogP contribution is -2.55. The number of fused-ring (bicyclic) bond motifs is 1. The third kappa shape index (κ3) is 2.30. The van der Waals surface area contributed by atoms with E-state index < -0.39 is 12.1 Å². The van der Waals surface area contributed by atoms with Gasteiger partial charge in [0.1, 0.15) is 18.2 Å². The predicted octanol–water partition coefficient (Wildman–Crippen LogP) is -1.46. The minimum Gasteiger partial charge on any atom is -0.348 e. The molecular weight excluding hydrogens is 248 g/mol. The Balaban J connectivity index is 2.35. The van der Waals surface area contributed by atoms with Gasteiger partial charge < -0.3 is 15.5 Å². The first-order chi connectivity index (χ1) is 8.82. The van der Waals surface area contributed by atoms with E-state index in [0.717, 1.165) is 0 Å². The van der Waals surface area contributed by atoms with Gasteiger partial charge in [-0.25, -0.2) is 0 Å². The lowest BCUT2D eigenvalue weighted by molar-refractivity contribution is -0.139. The van der Waals surface area contributed by atoms with Gasteiger partial charge in [-0.1, -0.05) is 0 Å². The monoisotopic (exact) mass is 268 g/mol. The molecule has 2 aliphatic rings. The Kier molecular flexibility index (Phi) is 3.49. The van der Waals surface area contributed by atoms with Crippen molar-refractivity contribution < 1.29 is 14.4 Å². The van der Waals surface area contributed by atoms with Crippen LogP contribution in [0.4, 0.5) is 0 Å². The molecule has 19 heavy (non-hydrogen) atoms. The molecule has 0 aliphatic carbocycles. The van der Waals surface area contributed by atoms with E-state index in [0.29, 0.717) is 0 Å². The highest BCUT2D eigenvalue weighted by Crippen LogP contribution is 2.18. The van der Waals surface area contributed by atoms with E-state index in [1.165, 1.54) is 4.90 Å². The molecule has 0 bridgehead atoms. The van der Waals surface area contributed by atoms with Gasteiger partial charge in [0, 0.05) is 0 Å². The number of hydrogen-bond donors (Lipinski definition) is 3. The second kappa shape index (κ2) is 4.80. The van der Waals surface area contributed by atoms with Crippen LogP contribution in [0, 0.1) is 0 Å². The standard InChI is InChI=1S/C12H20N4O3/c1-5-9-13-7(3)12(19)16(9)8(4)11(18)15-6(2)10(17)14-5/h5-9,13H,1-4H3,(H,14,17)(H,15,18)/t5-,6-,7-,8-,9+/m0/s1. The Morgan fingerprint density at radius 3 is 2.16 bits per heavy atom. The smallest absolute Gasteiger partial charge is 0.243 e. The third-order valence-corrected chi connectivity index (χ3v) is 3.74. The second-order valence-electron chi connectivity index (χ2n) is 5.28. The maximum atomic E-state index is 12.2. The van der Waals surface area contributed by atoms with Crippen molar-refractivity contribution in [3.63, 3.8) is 0 Å². The highest BCUT2D eigenvalue weighted by Gasteiger charge is 2.45. The minimum atomic E-state index is -0.607. The summed E-state index contributed by atoms with van der Waals surface area (Å²) in [5.41, 5.74) is 0. The molecule has 2 fully saturated rings. The average molecular weight is 268 g/mol. The first kappa shape index (κ1) is 13.8. The van der Waals surface area contributed by atoms with E-state index in [1.54, 1.807) is 20.8 Å². The van der Waals surface area contributed by atoms with Crippen molar-refractivity contribution >= 4 is 17.7 Å². The summed E-state index contributed by atoms with van der Waals surface area (Å²) in [7, 11) is 0. The van der Waals surface area contributed by atoms with Crippen LogP contribution in [0.25, 0.3) is 0 Å². The van der Waals surface area contributed by atoms with Crippen molar-refractivity contribution in [2.24, 2.45) is 0 Å². The number of nitrogens with zero attached hydrogens (tertiary/aromatic N) is 1. The van der Waals surface area contributed by atoms with Gasteiger partial charge in [-0.2, -0.15) is 0 Å². The van der Waals surface area contributed by atoms with Gasteiger partial charge in [-0.15, -0.1) is 0 Å². The SMILES string of the molecule is C[C@@H]1NC(=O)[C@H](C)N2C(=O)[C@H](C)N[C@H]2[C@H](C)NC1=O. The molecule has 0 aromatic rings. The largest absolute Gasteiger partial charge is 0.348 e. The molecular formula is C12H20N4O3. The molecule has 0 radical (unpaired) electrons. The van der Waals surface area contributed by atoms with Crippen molar-refractivity contribution in [3.05, 3.63) is 0 Å². The summed E-state index contributed by atoms with van der Waals surface area (Å²) < 4.78 is 0. The molecule has 5 atom stereocenters. The van der Waals surface area contributed by atoms with Crippen LogP contribution in [0.2, 0.25) is 0 Å². The molecule has 3 N–H and O–H groups in total. The summed E-state index contributed by atoms with van der Waals surface area (Å²) in [4.78, 5) is 37.6. The van der Waals surface area contributed by atoms with Gasteiger partial charge in [0.25, 0.3) is 0 Å². The van der Waals surface area contributed by atoms with Crippen LogP contribution in [0.1, 0.15) is 27.7 Å². The first-order valence-corrected chi connectivity index (χ1v) is 6.52. The Morgan fingerprint density at radius 1 is 0.895 bits per heavy atom. The number of rotatable bonds is 0. The molecule has 0 aromatic carbocycles. The molecule has 2 saturated heterocycles. The van der Waals surface area contributed by atoms with Crippen molar-refractivity contribution in [3.8, 4) is 0 Å². The van der Waals surface area contributed by atoms with Gasteiger partial charge in [-0.3, -0.25) is 19.7 Å². The molecule has 7 heteroatoms. The molecule has 7 nitrogen and oxygen atoms in total. The zero-order chi connectivity index (χ0) is 14.3. The van der Waals surface area contributed by atoms with Crippen molar-refractivity contribution in [1.29, 1.82) is 0 Å². The molecule has 2 heterocycles. The van der Waals surface area contributed by atoms with Crippen molar-refractivity contribution in [2.75, 3.05) is 0 Å². The number of amides is 3. The molecule has 3 amide bonds. The highest BCUT2D eigenvalue weighted by molar-refractivity contribution is 5.94. The number of hydrogen-bond acceptors (Lipinski definition) is 4. The van der Waals surface area contributed by atoms with E-state index in [4.69, 9.17) is 0 Å². The van der Waals surface area contributed by atoms with Gasteiger partial charge in [0.05, 0.1) is 12.1 Å². The molecule has 2 rings (SSSR count). The molecule has 0 unspecified atom stereocenters. The summed E-state index contributed by atoms with van der Waals surface area (Å²) in [6.07, 6.45) is -0.363.